The molecule has 0 heterocycles. The van der Waals surface area contributed by atoms with Crippen molar-refractivity contribution in [1.82, 2.24) is 0 Å². The van der Waals surface area contributed by atoms with E-state index in [4.69, 9.17) is 37.0 Å². The van der Waals surface area contributed by atoms with E-state index in [0.717, 1.165) is 102 Å². The molecule has 0 aliphatic carbocycles. The number of esters is 4. The summed E-state index contributed by atoms with van der Waals surface area (Å²) in [6, 6.07) is 0. The number of hydrogen-bond donors (Lipinski definition) is 3. The zero-order valence-corrected chi connectivity index (χ0v) is 54.7. The predicted octanol–water partition coefficient (Wildman–Crippen LogP) is 17.1. The fourth-order valence-electron chi connectivity index (χ4n) is 9.27. The van der Waals surface area contributed by atoms with Crippen LogP contribution in [-0.2, 0) is 65.4 Å². The molecule has 0 rings (SSSR count). The highest BCUT2D eigenvalue weighted by molar-refractivity contribution is 7.47. The zero-order chi connectivity index (χ0) is 61.0. The van der Waals surface area contributed by atoms with Crippen LogP contribution in [0.5, 0.6) is 0 Å². The van der Waals surface area contributed by atoms with Crippen LogP contribution in [-0.4, -0.2) is 96.7 Å². The van der Waals surface area contributed by atoms with Gasteiger partial charge in [0.25, 0.3) is 0 Å². The molecule has 19 heteroatoms. The zero-order valence-electron chi connectivity index (χ0n) is 52.9. The van der Waals surface area contributed by atoms with Crippen LogP contribution in [0.2, 0.25) is 0 Å². The van der Waals surface area contributed by atoms with Gasteiger partial charge < -0.3 is 33.8 Å². The first-order valence-electron chi connectivity index (χ1n) is 32.9. The quantitative estimate of drug-likeness (QED) is 0.0222. The third-order valence-electron chi connectivity index (χ3n) is 14.7. The van der Waals surface area contributed by atoms with Gasteiger partial charge in [0, 0.05) is 25.7 Å². The summed E-state index contributed by atoms with van der Waals surface area (Å²) >= 11 is 0. The van der Waals surface area contributed by atoms with Crippen molar-refractivity contribution in [2.75, 3.05) is 39.6 Å². The number of hydrogen-bond acceptors (Lipinski definition) is 15. The standard InChI is InChI=1S/C63H122O17P2/c1-8-10-11-12-13-16-22-30-37-44-60(65)73-51-59(80-63(68)47-40-33-26-25-28-35-42-55(5)6)53-78-82(71,72)76-49-57(64)48-75-81(69,70)77-52-58(50-74-61(66)45-38-31-24-19-20-27-34-41-54(3)4)79-62(67)46-39-32-23-18-15-14-17-21-29-36-43-56(7)9-2/h54-59,64H,8-53H2,1-7H3,(H,69,70)(H,71,72)/t56?,57-,58-,59-/m1/s1. The summed E-state index contributed by atoms with van der Waals surface area (Å²) in [6.45, 7) is 11.6. The summed E-state index contributed by atoms with van der Waals surface area (Å²) in [4.78, 5) is 72.1. The molecule has 0 amide bonds. The number of ether oxygens (including phenoxy) is 4. The largest absolute Gasteiger partial charge is 0.472 e. The fraction of sp³-hybridized carbons (Fsp3) is 0.937. The van der Waals surface area contributed by atoms with E-state index in [9.17, 15) is 43.2 Å². The van der Waals surface area contributed by atoms with Crippen molar-refractivity contribution in [3.63, 3.8) is 0 Å². The Morgan fingerprint density at radius 3 is 0.927 bits per heavy atom. The topological polar surface area (TPSA) is 237 Å². The summed E-state index contributed by atoms with van der Waals surface area (Å²) in [6.07, 6.45) is 35.0. The van der Waals surface area contributed by atoms with Crippen molar-refractivity contribution < 1.29 is 80.2 Å². The molecule has 0 radical (unpaired) electrons. The Hall–Kier alpha value is -1.94. The maximum absolute atomic E-state index is 13.0. The van der Waals surface area contributed by atoms with Gasteiger partial charge in [-0.1, -0.05) is 254 Å². The number of carbonyl (C=O) groups is 4. The SMILES string of the molecule is CCCCCCCCCCCC(=O)OC[C@H](COP(=O)(O)OC[C@H](O)COP(=O)(O)OC[C@@H](COC(=O)CCCCCCCCCC(C)C)OC(=O)CCCCCCCCCCCCC(C)CC)OC(=O)CCCCCCCCC(C)C. The Morgan fingerprint density at radius 1 is 0.354 bits per heavy atom. The average molecular weight is 1210 g/mol. The maximum atomic E-state index is 13.0. The highest BCUT2D eigenvalue weighted by Gasteiger charge is 2.30. The first-order chi connectivity index (χ1) is 39.3. The van der Waals surface area contributed by atoms with Gasteiger partial charge in [0.1, 0.15) is 19.3 Å². The molecule has 0 aromatic carbocycles. The second-order valence-electron chi connectivity index (χ2n) is 24.0. The first kappa shape index (κ1) is 80.1. The molecule has 0 bridgehead atoms. The van der Waals surface area contributed by atoms with Crippen LogP contribution in [0.15, 0.2) is 0 Å². The number of phosphoric acid groups is 2. The summed E-state index contributed by atoms with van der Waals surface area (Å²) in [5, 5.41) is 10.5. The minimum atomic E-state index is -4.94. The lowest BCUT2D eigenvalue weighted by molar-refractivity contribution is -0.161. The number of phosphoric ester groups is 2. The van der Waals surface area contributed by atoms with Gasteiger partial charge in [0.2, 0.25) is 0 Å². The molecule has 3 unspecified atom stereocenters. The fourth-order valence-corrected chi connectivity index (χ4v) is 10.9. The third kappa shape index (κ3) is 55.9. The van der Waals surface area contributed by atoms with E-state index in [1.165, 1.54) is 109 Å². The maximum Gasteiger partial charge on any atom is 0.472 e. The molecule has 0 aromatic heterocycles. The molecule has 6 atom stereocenters. The van der Waals surface area contributed by atoms with Gasteiger partial charge >= 0.3 is 39.5 Å². The molecule has 3 N–H and O–H groups in total. The van der Waals surface area contributed by atoms with Crippen molar-refractivity contribution >= 4 is 39.5 Å². The van der Waals surface area contributed by atoms with Gasteiger partial charge in [0.15, 0.2) is 12.2 Å². The molecule has 0 aromatic rings. The van der Waals surface area contributed by atoms with E-state index in [0.29, 0.717) is 37.5 Å². The number of carbonyl (C=O) groups excluding carboxylic acids is 4. The molecule has 0 fully saturated rings. The van der Waals surface area contributed by atoms with Crippen LogP contribution in [0.3, 0.4) is 0 Å². The Labute approximate surface area is 498 Å². The van der Waals surface area contributed by atoms with Crippen molar-refractivity contribution in [2.45, 2.75) is 324 Å². The van der Waals surface area contributed by atoms with Crippen LogP contribution >= 0.6 is 15.6 Å². The van der Waals surface area contributed by atoms with Gasteiger partial charge in [-0.2, -0.15) is 0 Å². The number of unbranched alkanes of at least 4 members (excludes halogenated alkanes) is 28. The van der Waals surface area contributed by atoms with Gasteiger partial charge in [-0.05, 0) is 43.4 Å². The Kier molecular flexibility index (Phi) is 53.2. The summed E-state index contributed by atoms with van der Waals surface area (Å²) < 4.78 is 67.9. The molecule has 0 aliphatic heterocycles. The number of aliphatic hydroxyl groups is 1. The summed E-state index contributed by atoms with van der Waals surface area (Å²) in [5.41, 5.74) is 0. The summed E-state index contributed by atoms with van der Waals surface area (Å²) in [5.74, 6) is 0.0348. The molecule has 0 saturated heterocycles. The molecular weight excluding hydrogens is 1090 g/mol. The predicted molar refractivity (Wildman–Crippen MR) is 326 cm³/mol. The lowest BCUT2D eigenvalue weighted by Crippen LogP contribution is -2.30. The van der Waals surface area contributed by atoms with E-state index in [2.05, 4.69) is 48.5 Å². The van der Waals surface area contributed by atoms with Crippen molar-refractivity contribution in [3.05, 3.63) is 0 Å². The number of rotatable bonds is 61. The lowest BCUT2D eigenvalue weighted by atomic mass is 9.99. The van der Waals surface area contributed by atoms with Crippen LogP contribution in [0.1, 0.15) is 305 Å². The highest BCUT2D eigenvalue weighted by atomic mass is 31.2. The van der Waals surface area contributed by atoms with Gasteiger partial charge in [-0.25, -0.2) is 9.13 Å². The third-order valence-corrected chi connectivity index (χ3v) is 16.6. The van der Waals surface area contributed by atoms with Crippen LogP contribution < -0.4 is 0 Å². The molecule has 486 valence electrons. The van der Waals surface area contributed by atoms with Crippen LogP contribution in [0.25, 0.3) is 0 Å². The molecular formula is C63H122O17P2. The molecule has 0 saturated carbocycles. The highest BCUT2D eigenvalue weighted by Crippen LogP contribution is 2.45. The smallest absolute Gasteiger partial charge is 0.462 e. The molecule has 0 aliphatic rings. The molecule has 0 spiro atoms. The Balaban J connectivity index is 5.23. The van der Waals surface area contributed by atoms with E-state index < -0.39 is 97.5 Å². The van der Waals surface area contributed by atoms with Crippen molar-refractivity contribution in [2.24, 2.45) is 17.8 Å². The molecule has 82 heavy (non-hydrogen) atoms. The van der Waals surface area contributed by atoms with E-state index in [-0.39, 0.29) is 25.7 Å². The van der Waals surface area contributed by atoms with Crippen LogP contribution in [0, 0.1) is 17.8 Å². The van der Waals surface area contributed by atoms with E-state index in [1.807, 2.05) is 0 Å². The minimum Gasteiger partial charge on any atom is -0.462 e. The Morgan fingerprint density at radius 2 is 0.622 bits per heavy atom. The van der Waals surface area contributed by atoms with Gasteiger partial charge in [-0.15, -0.1) is 0 Å². The lowest BCUT2D eigenvalue weighted by Gasteiger charge is -2.21. The normalized spacial score (nSPS) is 14.7. The van der Waals surface area contributed by atoms with Crippen molar-refractivity contribution in [1.29, 1.82) is 0 Å². The van der Waals surface area contributed by atoms with Crippen molar-refractivity contribution in [3.8, 4) is 0 Å². The summed E-state index contributed by atoms with van der Waals surface area (Å²) in [7, 11) is -9.88. The Bertz CT molecular complexity index is 1630. The van der Waals surface area contributed by atoms with E-state index >= 15 is 0 Å². The average Bonchev–Trinajstić information content (AvgIpc) is 3.44. The monoisotopic (exact) mass is 1210 g/mol. The van der Waals surface area contributed by atoms with E-state index in [1.54, 1.807) is 0 Å². The van der Waals surface area contributed by atoms with Gasteiger partial charge in [-0.3, -0.25) is 37.3 Å². The van der Waals surface area contributed by atoms with Crippen LogP contribution in [0.4, 0.5) is 0 Å². The second-order valence-corrected chi connectivity index (χ2v) is 26.9. The minimum absolute atomic E-state index is 0.102. The first-order valence-corrected chi connectivity index (χ1v) is 35.9. The second kappa shape index (κ2) is 54.5. The number of aliphatic hydroxyl groups excluding tert-OH is 1. The van der Waals surface area contributed by atoms with Gasteiger partial charge in [0.05, 0.1) is 26.4 Å². The molecule has 17 nitrogen and oxygen atoms in total.